The van der Waals surface area contributed by atoms with E-state index in [1.165, 1.54) is 0 Å². The average molecular weight is 356 g/mol. The Balaban J connectivity index is 1.43. The Bertz CT molecular complexity index is 736. The lowest BCUT2D eigenvalue weighted by Gasteiger charge is -2.20. The predicted octanol–water partition coefficient (Wildman–Crippen LogP) is 1.98. The Hall–Kier alpha value is -2.57. The molecule has 138 valence electrons. The number of ether oxygens (including phenoxy) is 2. The Labute approximate surface area is 153 Å². The van der Waals surface area contributed by atoms with Crippen LogP contribution in [-0.2, 0) is 11.2 Å². The molecule has 0 aliphatic carbocycles. The van der Waals surface area contributed by atoms with Crippen molar-refractivity contribution >= 4 is 11.6 Å². The summed E-state index contributed by atoms with van der Waals surface area (Å²) in [7, 11) is 0. The molecule has 26 heavy (non-hydrogen) atoms. The third-order valence-corrected chi connectivity index (χ3v) is 4.11. The van der Waals surface area contributed by atoms with E-state index in [1.54, 1.807) is 0 Å². The molecule has 1 amide bonds. The van der Waals surface area contributed by atoms with E-state index in [2.05, 4.69) is 17.6 Å². The van der Waals surface area contributed by atoms with Crippen LogP contribution in [-0.4, -0.2) is 42.9 Å². The summed E-state index contributed by atoms with van der Waals surface area (Å²) < 4.78 is 10.9. The lowest BCUT2D eigenvalue weighted by molar-refractivity contribution is -0.118. The highest BCUT2D eigenvalue weighted by Crippen LogP contribution is 2.28. The molecule has 0 fully saturated rings. The first kappa shape index (κ1) is 18.2. The number of carbonyl (C=O) groups is 1. The summed E-state index contributed by atoms with van der Waals surface area (Å²) in [5, 5.41) is 16.2. The number of hydrogen-bond donors (Lipinski definition) is 3. The molecule has 0 saturated heterocycles. The number of aliphatic hydroxyl groups is 1. The van der Waals surface area contributed by atoms with Gasteiger partial charge in [0.25, 0.3) is 5.91 Å². The molecule has 2 unspecified atom stereocenters. The zero-order chi connectivity index (χ0) is 18.4. The molecule has 6 nitrogen and oxygen atoms in total. The minimum absolute atomic E-state index is 0.0627. The van der Waals surface area contributed by atoms with Crippen LogP contribution in [0.1, 0.15) is 12.5 Å². The molecule has 1 aliphatic heterocycles. The van der Waals surface area contributed by atoms with Gasteiger partial charge in [0.05, 0.1) is 5.69 Å². The molecule has 0 aromatic heterocycles. The molecule has 2 aromatic rings. The fraction of sp³-hybridized carbons (Fsp3) is 0.350. The topological polar surface area (TPSA) is 79.8 Å². The number of para-hydroxylation sites is 1. The highest BCUT2D eigenvalue weighted by Gasteiger charge is 2.16. The highest BCUT2D eigenvalue weighted by atomic mass is 16.5. The number of rotatable bonds is 8. The number of fused-ring (bicyclic) bond motifs is 1. The van der Waals surface area contributed by atoms with Crippen LogP contribution in [0, 0.1) is 0 Å². The van der Waals surface area contributed by atoms with Gasteiger partial charge < -0.3 is 25.2 Å². The number of hydrogen-bond acceptors (Lipinski definition) is 5. The van der Waals surface area contributed by atoms with Crippen molar-refractivity contribution in [3.63, 3.8) is 0 Å². The standard InChI is InChI=1S/C20H24N2O4/c1-14(21-11-16(23)12-25-17-5-3-2-4-6-17)9-15-7-8-19-18(10-15)22-20(24)13-26-19/h2-8,10,14,16,21,23H,9,11-13H2,1H3,(H,22,24). The first-order valence-corrected chi connectivity index (χ1v) is 8.75. The van der Waals surface area contributed by atoms with Gasteiger partial charge in [-0.25, -0.2) is 0 Å². The molecule has 0 saturated carbocycles. The third kappa shape index (κ3) is 5.21. The van der Waals surface area contributed by atoms with Crippen LogP contribution in [0.4, 0.5) is 5.69 Å². The lowest BCUT2D eigenvalue weighted by atomic mass is 10.1. The summed E-state index contributed by atoms with van der Waals surface area (Å²) in [6, 6.07) is 15.4. The average Bonchev–Trinajstić information content (AvgIpc) is 2.65. The summed E-state index contributed by atoms with van der Waals surface area (Å²) in [5.41, 5.74) is 1.80. The van der Waals surface area contributed by atoms with E-state index in [0.29, 0.717) is 18.0 Å². The van der Waals surface area contributed by atoms with Crippen molar-refractivity contribution in [2.75, 3.05) is 25.1 Å². The van der Waals surface area contributed by atoms with Crippen molar-refractivity contribution in [2.45, 2.75) is 25.5 Å². The Morgan fingerprint density at radius 2 is 2.08 bits per heavy atom. The van der Waals surface area contributed by atoms with Gasteiger partial charge in [-0.15, -0.1) is 0 Å². The van der Waals surface area contributed by atoms with E-state index in [-0.39, 0.29) is 25.2 Å². The van der Waals surface area contributed by atoms with Gasteiger partial charge in [-0.05, 0) is 43.2 Å². The molecule has 0 radical (unpaired) electrons. The fourth-order valence-corrected chi connectivity index (χ4v) is 2.79. The molecular weight excluding hydrogens is 332 g/mol. The molecule has 1 aliphatic rings. The zero-order valence-corrected chi connectivity index (χ0v) is 14.8. The van der Waals surface area contributed by atoms with Gasteiger partial charge in [0.15, 0.2) is 6.61 Å². The first-order valence-electron chi connectivity index (χ1n) is 8.75. The normalized spacial score (nSPS) is 15.4. The molecule has 0 spiro atoms. The maximum Gasteiger partial charge on any atom is 0.262 e. The van der Waals surface area contributed by atoms with Crippen LogP contribution in [0.15, 0.2) is 48.5 Å². The van der Waals surface area contributed by atoms with Crippen molar-refractivity contribution in [1.29, 1.82) is 0 Å². The molecule has 3 N–H and O–H groups in total. The second-order valence-corrected chi connectivity index (χ2v) is 6.46. The molecule has 2 atom stereocenters. The minimum atomic E-state index is -0.589. The van der Waals surface area contributed by atoms with Gasteiger partial charge in [0, 0.05) is 12.6 Å². The molecular formula is C20H24N2O4. The molecule has 3 rings (SSSR count). The largest absolute Gasteiger partial charge is 0.491 e. The predicted molar refractivity (Wildman–Crippen MR) is 99.7 cm³/mol. The van der Waals surface area contributed by atoms with E-state index in [4.69, 9.17) is 9.47 Å². The van der Waals surface area contributed by atoms with Crippen molar-refractivity contribution in [3.8, 4) is 11.5 Å². The van der Waals surface area contributed by atoms with Gasteiger partial charge in [-0.1, -0.05) is 24.3 Å². The number of nitrogens with one attached hydrogen (secondary N) is 2. The Kier molecular flexibility index (Phi) is 6.09. The SMILES string of the molecule is CC(Cc1ccc2c(c1)NC(=O)CO2)NCC(O)COc1ccccc1. The van der Waals surface area contributed by atoms with Crippen molar-refractivity contribution < 1.29 is 19.4 Å². The van der Waals surface area contributed by atoms with Gasteiger partial charge in [-0.3, -0.25) is 4.79 Å². The number of benzene rings is 2. The second-order valence-electron chi connectivity index (χ2n) is 6.46. The Morgan fingerprint density at radius 1 is 1.27 bits per heavy atom. The smallest absolute Gasteiger partial charge is 0.262 e. The van der Waals surface area contributed by atoms with Crippen molar-refractivity contribution in [1.82, 2.24) is 5.32 Å². The van der Waals surface area contributed by atoms with Crippen LogP contribution < -0.4 is 20.1 Å². The zero-order valence-electron chi connectivity index (χ0n) is 14.8. The third-order valence-electron chi connectivity index (χ3n) is 4.11. The van der Waals surface area contributed by atoms with Gasteiger partial charge in [0.1, 0.15) is 24.2 Å². The van der Waals surface area contributed by atoms with E-state index in [0.717, 1.165) is 17.7 Å². The number of anilines is 1. The van der Waals surface area contributed by atoms with Crippen LogP contribution in [0.25, 0.3) is 0 Å². The van der Waals surface area contributed by atoms with E-state index >= 15 is 0 Å². The van der Waals surface area contributed by atoms with E-state index in [9.17, 15) is 9.90 Å². The second kappa shape index (κ2) is 8.69. The lowest BCUT2D eigenvalue weighted by Crippen LogP contribution is -2.37. The van der Waals surface area contributed by atoms with Gasteiger partial charge in [0.2, 0.25) is 0 Å². The number of carbonyl (C=O) groups excluding carboxylic acids is 1. The van der Waals surface area contributed by atoms with E-state index < -0.39 is 6.10 Å². The van der Waals surface area contributed by atoms with E-state index in [1.807, 2.05) is 48.5 Å². The quantitative estimate of drug-likeness (QED) is 0.674. The summed E-state index contributed by atoms with van der Waals surface area (Å²) in [6.45, 7) is 2.80. The van der Waals surface area contributed by atoms with Crippen LogP contribution in [0.5, 0.6) is 11.5 Å². The molecule has 1 heterocycles. The van der Waals surface area contributed by atoms with Crippen LogP contribution in [0.2, 0.25) is 0 Å². The van der Waals surface area contributed by atoms with Gasteiger partial charge >= 0.3 is 0 Å². The molecule has 0 bridgehead atoms. The van der Waals surface area contributed by atoms with Crippen LogP contribution in [0.3, 0.4) is 0 Å². The maximum absolute atomic E-state index is 11.4. The Morgan fingerprint density at radius 3 is 2.88 bits per heavy atom. The minimum Gasteiger partial charge on any atom is -0.491 e. The van der Waals surface area contributed by atoms with Crippen LogP contribution >= 0.6 is 0 Å². The van der Waals surface area contributed by atoms with Crippen molar-refractivity contribution in [2.24, 2.45) is 0 Å². The monoisotopic (exact) mass is 356 g/mol. The highest BCUT2D eigenvalue weighted by molar-refractivity contribution is 5.95. The summed E-state index contributed by atoms with van der Waals surface area (Å²) in [4.78, 5) is 11.4. The molecule has 6 heteroatoms. The fourth-order valence-electron chi connectivity index (χ4n) is 2.79. The summed E-state index contributed by atoms with van der Waals surface area (Å²) in [6.07, 6.45) is 0.184. The molecule has 2 aromatic carbocycles. The van der Waals surface area contributed by atoms with Crippen molar-refractivity contribution in [3.05, 3.63) is 54.1 Å². The number of amides is 1. The first-order chi connectivity index (χ1) is 12.6. The maximum atomic E-state index is 11.4. The summed E-state index contributed by atoms with van der Waals surface area (Å²) in [5.74, 6) is 1.31. The summed E-state index contributed by atoms with van der Waals surface area (Å²) >= 11 is 0. The number of aliphatic hydroxyl groups excluding tert-OH is 1. The van der Waals surface area contributed by atoms with Gasteiger partial charge in [-0.2, -0.15) is 0 Å².